The summed E-state index contributed by atoms with van der Waals surface area (Å²) in [5, 5.41) is 10.2. The standard InChI is InChI=1S/C18H22FNO2S/c1-11-15-8-5-13(19)9-16(15)23-17(11)18(22)20(2)14-6-3-12(10-21)4-7-14/h5,8-9,12,14,21H,3-4,6-7,10H2,1-2H3. The highest BCUT2D eigenvalue weighted by Gasteiger charge is 2.28. The van der Waals surface area contributed by atoms with Crippen molar-refractivity contribution >= 4 is 27.3 Å². The van der Waals surface area contributed by atoms with Gasteiger partial charge in [0.1, 0.15) is 5.82 Å². The molecule has 124 valence electrons. The summed E-state index contributed by atoms with van der Waals surface area (Å²) < 4.78 is 14.2. The average molecular weight is 335 g/mol. The van der Waals surface area contributed by atoms with Crippen LogP contribution in [0.1, 0.15) is 40.9 Å². The molecule has 1 aliphatic rings. The molecule has 0 spiro atoms. The number of aryl methyl sites for hydroxylation is 1. The predicted octanol–water partition coefficient (Wildman–Crippen LogP) is 3.97. The largest absolute Gasteiger partial charge is 0.396 e. The number of rotatable bonds is 3. The summed E-state index contributed by atoms with van der Waals surface area (Å²) in [4.78, 5) is 15.4. The number of halogens is 1. The normalized spacial score (nSPS) is 21.6. The van der Waals surface area contributed by atoms with E-state index in [1.807, 2.05) is 18.9 Å². The molecule has 2 aromatic rings. The molecule has 0 atom stereocenters. The van der Waals surface area contributed by atoms with E-state index in [-0.39, 0.29) is 24.4 Å². The van der Waals surface area contributed by atoms with Crippen LogP contribution in [0.2, 0.25) is 0 Å². The highest BCUT2D eigenvalue weighted by molar-refractivity contribution is 7.21. The molecule has 1 heterocycles. The van der Waals surface area contributed by atoms with Gasteiger partial charge in [0.25, 0.3) is 5.91 Å². The molecule has 0 bridgehead atoms. The number of carbonyl (C=O) groups is 1. The minimum atomic E-state index is -0.270. The van der Waals surface area contributed by atoms with Gasteiger partial charge in [0.15, 0.2) is 0 Å². The number of aliphatic hydroxyl groups excluding tert-OH is 1. The zero-order valence-corrected chi connectivity index (χ0v) is 14.3. The number of carbonyl (C=O) groups excluding carboxylic acids is 1. The number of thiophene rings is 1. The zero-order chi connectivity index (χ0) is 16.6. The highest BCUT2D eigenvalue weighted by Crippen LogP contribution is 2.34. The van der Waals surface area contributed by atoms with Gasteiger partial charge in [0.05, 0.1) is 4.88 Å². The quantitative estimate of drug-likeness (QED) is 0.922. The first-order valence-corrected chi connectivity index (χ1v) is 8.89. The Bertz CT molecular complexity index is 719. The molecule has 0 aliphatic heterocycles. The minimum absolute atomic E-state index is 0.0246. The van der Waals surface area contributed by atoms with Gasteiger partial charge in [-0.15, -0.1) is 11.3 Å². The van der Waals surface area contributed by atoms with Gasteiger partial charge in [-0.3, -0.25) is 4.79 Å². The fourth-order valence-electron chi connectivity index (χ4n) is 3.44. The van der Waals surface area contributed by atoms with E-state index in [0.717, 1.165) is 41.3 Å². The average Bonchev–Trinajstić information content (AvgIpc) is 2.89. The summed E-state index contributed by atoms with van der Waals surface area (Å²) in [6.07, 6.45) is 3.81. The first kappa shape index (κ1) is 16.4. The second-order valence-electron chi connectivity index (χ2n) is 6.47. The molecule has 5 heteroatoms. The molecule has 1 N–H and O–H groups in total. The summed E-state index contributed by atoms with van der Waals surface area (Å²) in [5.74, 6) is 0.133. The maximum atomic E-state index is 13.4. The van der Waals surface area contributed by atoms with Gasteiger partial charge >= 0.3 is 0 Å². The molecule has 1 aliphatic carbocycles. The monoisotopic (exact) mass is 335 g/mol. The molecule has 0 radical (unpaired) electrons. The maximum absolute atomic E-state index is 13.4. The summed E-state index contributed by atoms with van der Waals surface area (Å²) >= 11 is 1.37. The Labute approximate surface area is 139 Å². The lowest BCUT2D eigenvalue weighted by Crippen LogP contribution is -2.39. The SMILES string of the molecule is Cc1c(C(=O)N(C)C2CCC(CO)CC2)sc2cc(F)ccc12. The van der Waals surface area contributed by atoms with Crippen LogP contribution < -0.4 is 0 Å². The van der Waals surface area contributed by atoms with Crippen LogP contribution in [0, 0.1) is 18.7 Å². The summed E-state index contributed by atoms with van der Waals surface area (Å²) in [6.45, 7) is 2.17. The van der Waals surface area contributed by atoms with E-state index in [0.29, 0.717) is 10.8 Å². The van der Waals surface area contributed by atoms with Crippen molar-refractivity contribution in [2.24, 2.45) is 5.92 Å². The molecule has 0 saturated heterocycles. The van der Waals surface area contributed by atoms with Crippen molar-refractivity contribution in [2.45, 2.75) is 38.6 Å². The van der Waals surface area contributed by atoms with Crippen LogP contribution in [0.5, 0.6) is 0 Å². The number of nitrogens with zero attached hydrogens (tertiary/aromatic N) is 1. The molecule has 0 unspecified atom stereocenters. The Morgan fingerprint density at radius 1 is 1.35 bits per heavy atom. The first-order valence-electron chi connectivity index (χ1n) is 8.08. The molecule has 1 fully saturated rings. The summed E-state index contributed by atoms with van der Waals surface area (Å²) in [5.41, 5.74) is 0.936. The molecule has 1 saturated carbocycles. The van der Waals surface area contributed by atoms with E-state index in [9.17, 15) is 14.3 Å². The molecule has 3 rings (SSSR count). The molecule has 1 aromatic heterocycles. The van der Waals surface area contributed by atoms with Crippen LogP contribution >= 0.6 is 11.3 Å². The zero-order valence-electron chi connectivity index (χ0n) is 13.5. The third kappa shape index (κ3) is 3.12. The molecular formula is C18H22FNO2S. The first-order chi connectivity index (χ1) is 11.0. The second-order valence-corrected chi connectivity index (χ2v) is 7.52. The van der Waals surface area contributed by atoms with E-state index in [2.05, 4.69) is 0 Å². The number of hydrogen-bond acceptors (Lipinski definition) is 3. The van der Waals surface area contributed by atoms with Crippen LogP contribution in [0.25, 0.3) is 10.1 Å². The molecule has 23 heavy (non-hydrogen) atoms. The molecular weight excluding hydrogens is 313 g/mol. The second kappa shape index (κ2) is 6.57. The Hall–Kier alpha value is -1.46. The van der Waals surface area contributed by atoms with Crippen LogP contribution in [0.4, 0.5) is 4.39 Å². The van der Waals surface area contributed by atoms with Crippen molar-refractivity contribution in [1.82, 2.24) is 4.90 Å². The fraction of sp³-hybridized carbons (Fsp3) is 0.500. The van der Waals surface area contributed by atoms with E-state index in [4.69, 9.17) is 0 Å². The van der Waals surface area contributed by atoms with Crippen LogP contribution in [0.3, 0.4) is 0 Å². The van der Waals surface area contributed by atoms with Gasteiger partial charge in [-0.05, 0) is 61.6 Å². The molecule has 1 amide bonds. The van der Waals surface area contributed by atoms with Crippen LogP contribution in [-0.4, -0.2) is 35.6 Å². The van der Waals surface area contributed by atoms with E-state index in [1.165, 1.54) is 23.5 Å². The Kier molecular flexibility index (Phi) is 4.69. The van der Waals surface area contributed by atoms with Gasteiger partial charge in [-0.1, -0.05) is 6.07 Å². The van der Waals surface area contributed by atoms with E-state index >= 15 is 0 Å². The fourth-order valence-corrected chi connectivity index (χ4v) is 4.66. The number of aliphatic hydroxyl groups is 1. The Morgan fingerprint density at radius 2 is 2.04 bits per heavy atom. The van der Waals surface area contributed by atoms with Gasteiger partial charge < -0.3 is 10.0 Å². The third-order valence-electron chi connectivity index (χ3n) is 5.04. The topological polar surface area (TPSA) is 40.5 Å². The highest BCUT2D eigenvalue weighted by atomic mass is 32.1. The smallest absolute Gasteiger partial charge is 0.264 e. The van der Waals surface area contributed by atoms with Crippen molar-refractivity contribution < 1.29 is 14.3 Å². The van der Waals surface area contributed by atoms with E-state index in [1.54, 1.807) is 6.07 Å². The summed E-state index contributed by atoms with van der Waals surface area (Å²) in [6, 6.07) is 4.92. The van der Waals surface area contributed by atoms with Gasteiger partial charge in [0.2, 0.25) is 0 Å². The molecule has 1 aromatic carbocycles. The van der Waals surface area contributed by atoms with Crippen molar-refractivity contribution in [3.05, 3.63) is 34.5 Å². The molecule has 3 nitrogen and oxygen atoms in total. The third-order valence-corrected chi connectivity index (χ3v) is 6.28. The van der Waals surface area contributed by atoms with Crippen molar-refractivity contribution in [3.8, 4) is 0 Å². The predicted molar refractivity (Wildman–Crippen MR) is 91.4 cm³/mol. The van der Waals surface area contributed by atoms with E-state index < -0.39 is 0 Å². The number of amides is 1. The lowest BCUT2D eigenvalue weighted by atomic mass is 9.86. The van der Waals surface area contributed by atoms with Gasteiger partial charge in [-0.25, -0.2) is 4.39 Å². The lowest BCUT2D eigenvalue weighted by molar-refractivity contribution is 0.0657. The lowest BCUT2D eigenvalue weighted by Gasteiger charge is -2.34. The minimum Gasteiger partial charge on any atom is -0.396 e. The number of hydrogen-bond donors (Lipinski definition) is 1. The van der Waals surface area contributed by atoms with Crippen LogP contribution in [0.15, 0.2) is 18.2 Å². The number of benzene rings is 1. The van der Waals surface area contributed by atoms with Crippen molar-refractivity contribution in [3.63, 3.8) is 0 Å². The maximum Gasteiger partial charge on any atom is 0.264 e. The Balaban J connectivity index is 1.81. The Morgan fingerprint density at radius 3 is 2.70 bits per heavy atom. The van der Waals surface area contributed by atoms with Crippen molar-refractivity contribution in [1.29, 1.82) is 0 Å². The number of fused-ring (bicyclic) bond motifs is 1. The van der Waals surface area contributed by atoms with Crippen molar-refractivity contribution in [2.75, 3.05) is 13.7 Å². The summed E-state index contributed by atoms with van der Waals surface area (Å²) in [7, 11) is 1.86. The van der Waals surface area contributed by atoms with Crippen LogP contribution in [-0.2, 0) is 0 Å². The van der Waals surface area contributed by atoms with Gasteiger partial charge in [-0.2, -0.15) is 0 Å². The van der Waals surface area contributed by atoms with Gasteiger partial charge in [0, 0.05) is 24.4 Å².